The fourth-order valence-electron chi connectivity index (χ4n) is 11.4. The average Bonchev–Trinajstić information content (AvgIpc) is 3.86. The fourth-order valence-corrected chi connectivity index (χ4v) is 11.4. The minimum atomic E-state index is -0.479. The number of benzene rings is 11. The van der Waals surface area contributed by atoms with E-state index in [1.807, 2.05) is 6.07 Å². The van der Waals surface area contributed by atoms with E-state index in [4.69, 9.17) is 9.47 Å². The van der Waals surface area contributed by atoms with Crippen molar-refractivity contribution in [3.8, 4) is 67.5 Å². The van der Waals surface area contributed by atoms with Crippen molar-refractivity contribution in [1.29, 1.82) is 0 Å². The van der Waals surface area contributed by atoms with Crippen molar-refractivity contribution in [2.75, 3.05) is 4.90 Å². The zero-order valence-corrected chi connectivity index (χ0v) is 35.8. The van der Waals surface area contributed by atoms with Gasteiger partial charge in [-0.25, -0.2) is 0 Å². The first-order valence-corrected chi connectivity index (χ1v) is 22.7. The minimum absolute atomic E-state index is 0.479. The van der Waals surface area contributed by atoms with Gasteiger partial charge in [-0.15, -0.1) is 0 Å². The lowest BCUT2D eigenvalue weighted by Gasteiger charge is -2.32. The molecule has 66 heavy (non-hydrogen) atoms. The molecule has 3 heteroatoms. The van der Waals surface area contributed by atoms with E-state index in [2.05, 4.69) is 235 Å². The van der Waals surface area contributed by atoms with Gasteiger partial charge in [-0.05, 0) is 125 Å². The molecule has 2 aliphatic carbocycles. The van der Waals surface area contributed by atoms with Gasteiger partial charge in [0.25, 0.3) is 0 Å². The van der Waals surface area contributed by atoms with Crippen LogP contribution >= 0.6 is 0 Å². The second-order valence-electron chi connectivity index (χ2n) is 17.5. The summed E-state index contributed by atoms with van der Waals surface area (Å²) in [5, 5.41) is 4.91. The van der Waals surface area contributed by atoms with Gasteiger partial charge in [0.2, 0.25) is 0 Å². The normalized spacial score (nSPS) is 13.2. The molecule has 0 N–H and O–H groups in total. The van der Waals surface area contributed by atoms with Gasteiger partial charge in [0, 0.05) is 16.9 Å². The third-order valence-electron chi connectivity index (χ3n) is 14.2. The maximum atomic E-state index is 7.20. The van der Waals surface area contributed by atoms with E-state index >= 15 is 0 Å². The third-order valence-corrected chi connectivity index (χ3v) is 14.2. The molecule has 1 spiro atoms. The predicted octanol–water partition coefficient (Wildman–Crippen LogP) is 17.0. The molecule has 1 heterocycles. The van der Waals surface area contributed by atoms with Gasteiger partial charge < -0.3 is 14.4 Å². The van der Waals surface area contributed by atoms with E-state index < -0.39 is 5.41 Å². The number of hydrogen-bond acceptors (Lipinski definition) is 3. The van der Waals surface area contributed by atoms with E-state index in [9.17, 15) is 0 Å². The monoisotopic (exact) mass is 841 g/mol. The molecule has 0 fully saturated rings. The second-order valence-corrected chi connectivity index (χ2v) is 17.5. The van der Waals surface area contributed by atoms with Gasteiger partial charge in [-0.1, -0.05) is 194 Å². The van der Waals surface area contributed by atoms with Crippen molar-refractivity contribution in [1.82, 2.24) is 0 Å². The molecule has 14 rings (SSSR count). The quantitative estimate of drug-likeness (QED) is 0.172. The molecule has 0 radical (unpaired) electrons. The van der Waals surface area contributed by atoms with E-state index in [1.165, 1.54) is 71.6 Å². The molecule has 0 saturated carbocycles. The summed E-state index contributed by atoms with van der Waals surface area (Å²) in [6.07, 6.45) is 0. The number of hydrogen-bond donors (Lipinski definition) is 0. The average molecular weight is 842 g/mol. The van der Waals surface area contributed by atoms with Crippen molar-refractivity contribution >= 4 is 38.6 Å². The van der Waals surface area contributed by atoms with Crippen LogP contribution in [0.4, 0.5) is 17.1 Å². The summed E-state index contributed by atoms with van der Waals surface area (Å²) in [6, 6.07) is 85.2. The van der Waals surface area contributed by atoms with E-state index in [-0.39, 0.29) is 0 Å². The molecule has 308 valence electrons. The first kappa shape index (κ1) is 36.8. The maximum Gasteiger partial charge on any atom is 0.194 e. The Hall–Kier alpha value is -8.66. The highest BCUT2D eigenvalue weighted by Gasteiger charge is 2.53. The van der Waals surface area contributed by atoms with Gasteiger partial charge in [0.15, 0.2) is 23.0 Å². The van der Waals surface area contributed by atoms with Gasteiger partial charge in [-0.2, -0.15) is 0 Å². The number of rotatable bonds is 5. The van der Waals surface area contributed by atoms with Gasteiger partial charge >= 0.3 is 0 Å². The summed E-state index contributed by atoms with van der Waals surface area (Å²) < 4.78 is 14.4. The molecule has 0 atom stereocenters. The summed E-state index contributed by atoms with van der Waals surface area (Å²) in [6.45, 7) is 0. The number of fused-ring (bicyclic) bond motifs is 15. The van der Waals surface area contributed by atoms with Crippen LogP contribution in [0, 0.1) is 0 Å². The Bertz CT molecular complexity index is 3590. The van der Waals surface area contributed by atoms with E-state index in [1.54, 1.807) is 0 Å². The van der Waals surface area contributed by atoms with Gasteiger partial charge in [-0.3, -0.25) is 0 Å². The minimum Gasteiger partial charge on any atom is -0.449 e. The van der Waals surface area contributed by atoms with Gasteiger partial charge in [0.1, 0.15) is 0 Å². The molecule has 0 saturated heterocycles. The SMILES string of the molecule is c1ccc2c(c1)-c1ccccc1C21c2ccccc2-c2c1ccc1c2Oc2cccc(N(c3ccc(-c4cccc5ccccc45)cc3)c3ccc(-c4cccc5ccccc45)cc3)c2O1. The first-order chi connectivity index (χ1) is 32.7. The molecule has 3 aliphatic rings. The van der Waals surface area contributed by atoms with Crippen LogP contribution in [0.3, 0.4) is 0 Å². The van der Waals surface area contributed by atoms with E-state index in [0.29, 0.717) is 17.2 Å². The molecule has 1 aliphatic heterocycles. The lowest BCUT2D eigenvalue weighted by Crippen LogP contribution is -2.25. The molecule has 3 nitrogen and oxygen atoms in total. The van der Waals surface area contributed by atoms with Gasteiger partial charge in [0.05, 0.1) is 11.1 Å². The second kappa shape index (κ2) is 14.2. The van der Waals surface area contributed by atoms with Crippen molar-refractivity contribution in [3.05, 3.63) is 259 Å². The Morgan fingerprint density at radius 1 is 0.303 bits per heavy atom. The molecular weight excluding hydrogens is 803 g/mol. The molecule has 0 bridgehead atoms. The Kier molecular flexibility index (Phi) is 7.90. The predicted molar refractivity (Wildman–Crippen MR) is 270 cm³/mol. The molecule has 11 aromatic carbocycles. The standard InChI is InChI=1S/C63H39NO2/c1-3-18-46-40(14-1)16-11-23-48(46)42-30-34-44(35-31-42)64(45-36-32-43(33-37-45)49-24-12-17-41-15-2-4-19-47(41)49)57-28-13-29-58-61(57)65-59-39-38-56-60(62(59)66-58)52-22-7-10-27-55(52)63(56)53-25-8-5-20-50(53)51-21-6-9-26-54(51)63/h1-39H. The van der Waals surface area contributed by atoms with Crippen LogP contribution in [0.25, 0.3) is 66.1 Å². The topological polar surface area (TPSA) is 21.7 Å². The molecule has 0 aromatic heterocycles. The largest absolute Gasteiger partial charge is 0.449 e. The highest BCUT2D eigenvalue weighted by atomic mass is 16.6. The number of anilines is 3. The fraction of sp³-hybridized carbons (Fsp3) is 0.0159. The highest BCUT2D eigenvalue weighted by Crippen LogP contribution is 2.66. The summed E-state index contributed by atoms with van der Waals surface area (Å²) in [5.74, 6) is 2.77. The molecule has 0 unspecified atom stereocenters. The Morgan fingerprint density at radius 2 is 0.742 bits per heavy atom. The van der Waals surface area contributed by atoms with Crippen LogP contribution in [0.1, 0.15) is 22.3 Å². The molecule has 11 aromatic rings. The Morgan fingerprint density at radius 3 is 1.33 bits per heavy atom. The van der Waals surface area contributed by atoms with Crippen molar-refractivity contribution in [3.63, 3.8) is 0 Å². The van der Waals surface area contributed by atoms with E-state index in [0.717, 1.165) is 39.5 Å². The van der Waals surface area contributed by atoms with Crippen molar-refractivity contribution in [2.45, 2.75) is 5.41 Å². The lowest BCUT2D eigenvalue weighted by atomic mass is 9.70. The first-order valence-electron chi connectivity index (χ1n) is 22.7. The number of para-hydroxylation sites is 1. The Balaban J connectivity index is 0.914. The van der Waals surface area contributed by atoms with Crippen LogP contribution in [0.15, 0.2) is 237 Å². The van der Waals surface area contributed by atoms with Crippen molar-refractivity contribution < 1.29 is 9.47 Å². The third kappa shape index (κ3) is 5.20. The molecular formula is C63H39NO2. The lowest BCUT2D eigenvalue weighted by molar-refractivity contribution is 0.361. The van der Waals surface area contributed by atoms with Crippen LogP contribution in [0.5, 0.6) is 23.0 Å². The van der Waals surface area contributed by atoms with Crippen LogP contribution in [-0.2, 0) is 5.41 Å². The summed E-state index contributed by atoms with van der Waals surface area (Å²) in [4.78, 5) is 2.29. The Labute approximate surface area is 383 Å². The van der Waals surface area contributed by atoms with Crippen LogP contribution < -0.4 is 14.4 Å². The molecule has 0 amide bonds. The zero-order chi connectivity index (χ0) is 43.3. The van der Waals surface area contributed by atoms with Crippen molar-refractivity contribution in [2.24, 2.45) is 0 Å². The van der Waals surface area contributed by atoms with Crippen LogP contribution in [-0.4, -0.2) is 0 Å². The maximum absolute atomic E-state index is 7.20. The summed E-state index contributed by atoms with van der Waals surface area (Å²) in [5.41, 5.74) is 17.0. The smallest absolute Gasteiger partial charge is 0.194 e. The zero-order valence-electron chi connectivity index (χ0n) is 35.8. The van der Waals surface area contributed by atoms with Crippen LogP contribution in [0.2, 0.25) is 0 Å². The summed E-state index contributed by atoms with van der Waals surface area (Å²) in [7, 11) is 0. The summed E-state index contributed by atoms with van der Waals surface area (Å²) >= 11 is 0. The number of nitrogens with zero attached hydrogens (tertiary/aromatic N) is 1. The highest BCUT2D eigenvalue weighted by molar-refractivity contribution is 6.00. The number of ether oxygens (including phenoxy) is 2.